The molecule has 1 aromatic carbocycles. The van der Waals surface area contributed by atoms with E-state index in [1.165, 1.54) is 13.0 Å². The van der Waals surface area contributed by atoms with Crippen LogP contribution in [0.2, 0.25) is 0 Å². The van der Waals surface area contributed by atoms with E-state index in [2.05, 4.69) is 15.9 Å². The molecule has 1 aromatic rings. The first-order valence-corrected chi connectivity index (χ1v) is 4.73. The summed E-state index contributed by atoms with van der Waals surface area (Å²) in [4.78, 5) is 0. The van der Waals surface area contributed by atoms with Gasteiger partial charge in [0.15, 0.2) is 0 Å². The Morgan fingerprint density at radius 2 is 2.07 bits per heavy atom. The van der Waals surface area contributed by atoms with E-state index in [-0.39, 0.29) is 10.0 Å². The molecule has 0 saturated heterocycles. The van der Waals surface area contributed by atoms with Gasteiger partial charge in [0.05, 0.1) is 16.6 Å². The second kappa shape index (κ2) is 3.92. The van der Waals surface area contributed by atoms with Crippen molar-refractivity contribution >= 4 is 15.9 Å². The first-order valence-electron chi connectivity index (χ1n) is 3.94. The number of rotatable bonds is 2. The van der Waals surface area contributed by atoms with Gasteiger partial charge >= 0.3 is 0 Å². The number of hydrogen-bond acceptors (Lipinski definition) is 2. The molecular weight excluding hydrogens is 256 g/mol. The predicted octanol–water partition coefficient (Wildman–Crippen LogP) is 1.89. The number of aliphatic hydroxyl groups excluding tert-OH is 1. The molecule has 0 bridgehead atoms. The molecule has 2 nitrogen and oxygen atoms in total. The molecule has 0 aliphatic heterocycles. The van der Waals surface area contributed by atoms with Crippen LogP contribution in [-0.2, 0) is 5.54 Å². The number of hydrogen-bond donors (Lipinski definition) is 2. The van der Waals surface area contributed by atoms with Crippen LogP contribution in [0, 0.1) is 11.6 Å². The summed E-state index contributed by atoms with van der Waals surface area (Å²) in [5.74, 6) is -1.47. The van der Waals surface area contributed by atoms with E-state index in [0.717, 1.165) is 6.07 Å². The minimum atomic E-state index is -1.21. The molecule has 1 unspecified atom stereocenters. The van der Waals surface area contributed by atoms with E-state index in [4.69, 9.17) is 10.8 Å². The first-order chi connectivity index (χ1) is 6.40. The van der Waals surface area contributed by atoms with Crippen molar-refractivity contribution in [2.75, 3.05) is 6.61 Å². The van der Waals surface area contributed by atoms with Crippen molar-refractivity contribution in [1.82, 2.24) is 0 Å². The third kappa shape index (κ3) is 1.94. The largest absolute Gasteiger partial charge is 0.394 e. The van der Waals surface area contributed by atoms with Crippen molar-refractivity contribution < 1.29 is 13.9 Å². The van der Waals surface area contributed by atoms with Crippen LogP contribution in [0.5, 0.6) is 0 Å². The Labute approximate surface area is 88.9 Å². The summed E-state index contributed by atoms with van der Waals surface area (Å²) in [5, 5.41) is 8.93. The normalized spacial score (nSPS) is 15.3. The average Bonchev–Trinajstić information content (AvgIpc) is 2.14. The van der Waals surface area contributed by atoms with E-state index in [1.807, 2.05) is 0 Å². The van der Waals surface area contributed by atoms with Gasteiger partial charge in [-0.15, -0.1) is 0 Å². The van der Waals surface area contributed by atoms with Gasteiger partial charge in [0, 0.05) is 5.56 Å². The Bertz CT molecular complexity index is 355. The summed E-state index contributed by atoms with van der Waals surface area (Å²) in [7, 11) is 0. The third-order valence-corrected chi connectivity index (χ3v) is 2.71. The van der Waals surface area contributed by atoms with Gasteiger partial charge in [-0.05, 0) is 28.9 Å². The second-order valence-corrected chi connectivity index (χ2v) is 4.09. The standard InChI is InChI=1S/C9H10BrF2NO/c1-9(13,4-14)5-2-3-6(11)7(10)8(5)12/h2-3,14H,4,13H2,1H3. The molecule has 0 saturated carbocycles. The highest BCUT2D eigenvalue weighted by Gasteiger charge is 2.26. The van der Waals surface area contributed by atoms with Gasteiger partial charge < -0.3 is 10.8 Å². The average molecular weight is 266 g/mol. The second-order valence-electron chi connectivity index (χ2n) is 3.30. The third-order valence-electron chi connectivity index (χ3n) is 1.98. The summed E-state index contributed by atoms with van der Waals surface area (Å²) in [6, 6.07) is 2.33. The Hall–Kier alpha value is -0.520. The van der Waals surface area contributed by atoms with Gasteiger partial charge in [-0.1, -0.05) is 6.07 Å². The SMILES string of the molecule is CC(N)(CO)c1ccc(F)c(Br)c1F. The zero-order chi connectivity index (χ0) is 10.9. The summed E-state index contributed by atoms with van der Waals surface area (Å²) >= 11 is 2.76. The Morgan fingerprint density at radius 3 is 2.57 bits per heavy atom. The highest BCUT2D eigenvalue weighted by molar-refractivity contribution is 9.10. The van der Waals surface area contributed by atoms with Gasteiger partial charge in [-0.25, -0.2) is 8.78 Å². The van der Waals surface area contributed by atoms with Crippen LogP contribution in [0.3, 0.4) is 0 Å². The molecule has 3 N–H and O–H groups in total. The number of halogens is 3. The molecule has 0 amide bonds. The Kier molecular flexibility index (Phi) is 3.24. The molecule has 0 aromatic heterocycles. The fraction of sp³-hybridized carbons (Fsp3) is 0.333. The lowest BCUT2D eigenvalue weighted by molar-refractivity contribution is 0.206. The Morgan fingerprint density at radius 1 is 1.50 bits per heavy atom. The minimum Gasteiger partial charge on any atom is -0.394 e. The van der Waals surface area contributed by atoms with Crippen LogP contribution in [0.25, 0.3) is 0 Å². The Balaban J connectivity index is 3.31. The summed E-state index contributed by atoms with van der Waals surface area (Å²) in [6.07, 6.45) is 0. The van der Waals surface area contributed by atoms with Crippen molar-refractivity contribution in [2.24, 2.45) is 5.73 Å². The van der Waals surface area contributed by atoms with Crippen LogP contribution in [0.4, 0.5) is 8.78 Å². The van der Waals surface area contributed by atoms with Crippen LogP contribution < -0.4 is 5.73 Å². The van der Waals surface area contributed by atoms with E-state index >= 15 is 0 Å². The molecule has 14 heavy (non-hydrogen) atoms. The lowest BCUT2D eigenvalue weighted by Crippen LogP contribution is -2.38. The molecule has 0 fully saturated rings. The van der Waals surface area contributed by atoms with Crippen LogP contribution in [0.1, 0.15) is 12.5 Å². The lowest BCUT2D eigenvalue weighted by Gasteiger charge is -2.23. The maximum Gasteiger partial charge on any atom is 0.145 e. The first kappa shape index (κ1) is 11.6. The zero-order valence-electron chi connectivity index (χ0n) is 7.52. The van der Waals surface area contributed by atoms with Gasteiger partial charge in [0.25, 0.3) is 0 Å². The molecular formula is C9H10BrF2NO. The molecule has 0 spiro atoms. The number of nitrogens with two attached hydrogens (primary N) is 1. The topological polar surface area (TPSA) is 46.2 Å². The molecule has 1 atom stereocenters. The quantitative estimate of drug-likeness (QED) is 0.803. The predicted molar refractivity (Wildman–Crippen MR) is 52.7 cm³/mol. The van der Waals surface area contributed by atoms with Crippen LogP contribution in [-0.4, -0.2) is 11.7 Å². The fourth-order valence-electron chi connectivity index (χ4n) is 1.05. The molecule has 5 heteroatoms. The summed E-state index contributed by atoms with van der Waals surface area (Å²) in [5.41, 5.74) is 4.49. The smallest absolute Gasteiger partial charge is 0.145 e. The molecule has 0 aliphatic carbocycles. The van der Waals surface area contributed by atoms with E-state index in [9.17, 15) is 8.78 Å². The maximum absolute atomic E-state index is 13.5. The molecule has 78 valence electrons. The monoisotopic (exact) mass is 265 g/mol. The maximum atomic E-state index is 13.5. The van der Waals surface area contributed by atoms with Gasteiger partial charge in [0.2, 0.25) is 0 Å². The van der Waals surface area contributed by atoms with Crippen molar-refractivity contribution in [3.63, 3.8) is 0 Å². The van der Waals surface area contributed by atoms with Crippen molar-refractivity contribution in [1.29, 1.82) is 0 Å². The van der Waals surface area contributed by atoms with Crippen molar-refractivity contribution in [3.8, 4) is 0 Å². The highest BCUT2D eigenvalue weighted by atomic mass is 79.9. The van der Waals surface area contributed by atoms with E-state index in [1.54, 1.807) is 0 Å². The summed E-state index contributed by atoms with van der Waals surface area (Å²) in [6.45, 7) is 1.05. The summed E-state index contributed by atoms with van der Waals surface area (Å²) < 4.78 is 26.1. The van der Waals surface area contributed by atoms with Crippen LogP contribution >= 0.6 is 15.9 Å². The highest BCUT2D eigenvalue weighted by Crippen LogP contribution is 2.28. The van der Waals surface area contributed by atoms with E-state index < -0.39 is 23.8 Å². The molecule has 0 heterocycles. The lowest BCUT2D eigenvalue weighted by atomic mass is 9.94. The van der Waals surface area contributed by atoms with Crippen molar-refractivity contribution in [2.45, 2.75) is 12.5 Å². The molecule has 1 rings (SSSR count). The number of benzene rings is 1. The fourth-order valence-corrected chi connectivity index (χ4v) is 1.40. The minimum absolute atomic E-state index is 0.0771. The van der Waals surface area contributed by atoms with Crippen molar-refractivity contribution in [3.05, 3.63) is 33.8 Å². The number of aliphatic hydroxyl groups is 1. The van der Waals surface area contributed by atoms with Crippen LogP contribution in [0.15, 0.2) is 16.6 Å². The van der Waals surface area contributed by atoms with Gasteiger partial charge in [-0.2, -0.15) is 0 Å². The van der Waals surface area contributed by atoms with E-state index in [0.29, 0.717) is 0 Å². The zero-order valence-corrected chi connectivity index (χ0v) is 9.11. The molecule has 0 aliphatic rings. The molecule has 0 radical (unpaired) electrons. The van der Waals surface area contributed by atoms with Gasteiger partial charge in [-0.3, -0.25) is 0 Å². The van der Waals surface area contributed by atoms with Gasteiger partial charge in [0.1, 0.15) is 11.6 Å².